The summed E-state index contributed by atoms with van der Waals surface area (Å²) in [7, 11) is 1.60. The first kappa shape index (κ1) is 13.8. The molecule has 0 saturated carbocycles. The molecule has 0 heterocycles. The van der Waals surface area contributed by atoms with E-state index in [9.17, 15) is 4.79 Å². The van der Waals surface area contributed by atoms with Crippen molar-refractivity contribution in [2.75, 3.05) is 7.11 Å². The van der Waals surface area contributed by atoms with E-state index < -0.39 is 12.3 Å². The number of methoxy groups -OCH3 is 1. The highest BCUT2D eigenvalue weighted by Gasteiger charge is 2.04. The van der Waals surface area contributed by atoms with Crippen LogP contribution in [0.15, 0.2) is 43.2 Å². The molecule has 0 fully saturated rings. The maximum absolute atomic E-state index is 11.4. The molecule has 1 atom stereocenters. The first-order valence-corrected chi connectivity index (χ1v) is 5.45. The molecule has 4 nitrogen and oxygen atoms in total. The van der Waals surface area contributed by atoms with Crippen molar-refractivity contribution in [1.82, 2.24) is 0 Å². The second-order valence-electron chi connectivity index (χ2n) is 3.41. The van der Waals surface area contributed by atoms with Gasteiger partial charge in [-0.1, -0.05) is 18.7 Å². The summed E-state index contributed by atoms with van der Waals surface area (Å²) < 4.78 is 14.8. The monoisotopic (exact) mass is 248 g/mol. The summed E-state index contributed by atoms with van der Waals surface area (Å²) in [5.74, 6) is 0.294. The predicted molar refractivity (Wildman–Crippen MR) is 68.9 cm³/mol. The van der Waals surface area contributed by atoms with E-state index in [4.69, 9.17) is 14.2 Å². The van der Waals surface area contributed by atoms with Gasteiger partial charge in [-0.15, -0.1) is 0 Å². The summed E-state index contributed by atoms with van der Waals surface area (Å²) in [4.78, 5) is 11.4. The van der Waals surface area contributed by atoms with Gasteiger partial charge in [-0.2, -0.15) is 0 Å². The third-order valence-electron chi connectivity index (χ3n) is 2.10. The van der Waals surface area contributed by atoms with Crippen molar-refractivity contribution in [3.05, 3.63) is 48.7 Å². The Balaban J connectivity index is 2.52. The van der Waals surface area contributed by atoms with Crippen LogP contribution in [-0.4, -0.2) is 19.4 Å². The van der Waals surface area contributed by atoms with Gasteiger partial charge in [0.2, 0.25) is 6.29 Å². The molecular weight excluding hydrogens is 232 g/mol. The van der Waals surface area contributed by atoms with E-state index in [0.29, 0.717) is 0 Å². The predicted octanol–water partition coefficient (Wildman–Crippen LogP) is 2.76. The van der Waals surface area contributed by atoms with E-state index in [-0.39, 0.29) is 0 Å². The van der Waals surface area contributed by atoms with Crippen LogP contribution in [0.4, 0.5) is 0 Å². The molecule has 0 aliphatic rings. The highest BCUT2D eigenvalue weighted by molar-refractivity contribution is 5.87. The van der Waals surface area contributed by atoms with Crippen molar-refractivity contribution in [1.29, 1.82) is 0 Å². The van der Waals surface area contributed by atoms with Crippen molar-refractivity contribution in [3.63, 3.8) is 0 Å². The van der Waals surface area contributed by atoms with Crippen LogP contribution in [0.5, 0.6) is 5.75 Å². The molecule has 0 aromatic heterocycles. The average molecular weight is 248 g/mol. The Morgan fingerprint density at radius 2 is 2.00 bits per heavy atom. The molecule has 96 valence electrons. The zero-order valence-corrected chi connectivity index (χ0v) is 10.5. The molecule has 0 aliphatic carbocycles. The lowest BCUT2D eigenvalue weighted by atomic mass is 10.2. The first-order chi connectivity index (χ1) is 8.65. The van der Waals surface area contributed by atoms with Gasteiger partial charge in [0.05, 0.1) is 13.4 Å². The van der Waals surface area contributed by atoms with Gasteiger partial charge in [-0.25, -0.2) is 4.79 Å². The maximum Gasteiger partial charge on any atom is 0.333 e. The summed E-state index contributed by atoms with van der Waals surface area (Å²) in [5, 5.41) is 0. The third kappa shape index (κ3) is 4.74. The zero-order chi connectivity index (χ0) is 13.4. The fraction of sp³-hybridized carbons (Fsp3) is 0.214. The van der Waals surface area contributed by atoms with Crippen LogP contribution in [-0.2, 0) is 14.3 Å². The minimum Gasteiger partial charge on any atom is -0.497 e. The average Bonchev–Trinajstić information content (AvgIpc) is 2.37. The summed E-state index contributed by atoms with van der Waals surface area (Å²) in [6.07, 6.45) is 3.58. The zero-order valence-electron chi connectivity index (χ0n) is 10.5. The number of hydrogen-bond donors (Lipinski definition) is 0. The van der Waals surface area contributed by atoms with Gasteiger partial charge in [0.15, 0.2) is 0 Å². The van der Waals surface area contributed by atoms with E-state index in [1.54, 1.807) is 20.1 Å². The van der Waals surface area contributed by atoms with Crippen molar-refractivity contribution in [2.45, 2.75) is 13.2 Å². The summed E-state index contributed by atoms with van der Waals surface area (Å²) in [6.45, 7) is 4.99. The van der Waals surface area contributed by atoms with Crippen molar-refractivity contribution >= 4 is 12.0 Å². The number of ether oxygens (including phenoxy) is 3. The van der Waals surface area contributed by atoms with Gasteiger partial charge in [-0.3, -0.25) is 0 Å². The van der Waals surface area contributed by atoms with E-state index in [1.807, 2.05) is 24.3 Å². The Bertz CT molecular complexity index is 420. The van der Waals surface area contributed by atoms with Crippen LogP contribution in [0.25, 0.3) is 6.08 Å². The summed E-state index contributed by atoms with van der Waals surface area (Å²) >= 11 is 0. The number of benzene rings is 1. The van der Waals surface area contributed by atoms with Gasteiger partial charge in [0.25, 0.3) is 0 Å². The van der Waals surface area contributed by atoms with Crippen molar-refractivity contribution in [3.8, 4) is 5.75 Å². The van der Waals surface area contributed by atoms with Crippen LogP contribution in [0.2, 0.25) is 0 Å². The van der Waals surface area contributed by atoms with Crippen LogP contribution < -0.4 is 4.74 Å². The minimum absolute atomic E-state index is 0.472. The molecular formula is C14H16O4. The SMILES string of the molecule is C=COC(C)OC(=O)C=Cc1ccc(OC)cc1. The number of carbonyl (C=O) groups excluding carboxylic acids is 1. The number of hydrogen-bond acceptors (Lipinski definition) is 4. The lowest BCUT2D eigenvalue weighted by Crippen LogP contribution is -2.13. The Morgan fingerprint density at radius 1 is 1.33 bits per heavy atom. The van der Waals surface area contributed by atoms with Gasteiger partial charge < -0.3 is 14.2 Å². The van der Waals surface area contributed by atoms with Crippen molar-refractivity contribution < 1.29 is 19.0 Å². The van der Waals surface area contributed by atoms with Gasteiger partial charge in [0, 0.05) is 13.0 Å². The Labute approximate surface area is 106 Å². The van der Waals surface area contributed by atoms with E-state index in [0.717, 1.165) is 11.3 Å². The summed E-state index contributed by atoms with van der Waals surface area (Å²) in [5.41, 5.74) is 0.880. The van der Waals surface area contributed by atoms with Crippen LogP contribution in [0.1, 0.15) is 12.5 Å². The third-order valence-corrected chi connectivity index (χ3v) is 2.10. The Hall–Kier alpha value is -2.23. The Kier molecular flexibility index (Phi) is 5.51. The molecule has 1 unspecified atom stereocenters. The van der Waals surface area contributed by atoms with E-state index in [1.165, 1.54) is 12.3 Å². The molecule has 0 aliphatic heterocycles. The molecule has 0 amide bonds. The van der Waals surface area contributed by atoms with Crippen LogP contribution in [0, 0.1) is 0 Å². The molecule has 18 heavy (non-hydrogen) atoms. The highest BCUT2D eigenvalue weighted by atomic mass is 16.7. The second kappa shape index (κ2) is 7.17. The number of esters is 1. The molecule has 1 aromatic carbocycles. The van der Waals surface area contributed by atoms with E-state index in [2.05, 4.69) is 6.58 Å². The fourth-order valence-corrected chi connectivity index (χ4v) is 1.25. The van der Waals surface area contributed by atoms with E-state index >= 15 is 0 Å². The second-order valence-corrected chi connectivity index (χ2v) is 3.41. The lowest BCUT2D eigenvalue weighted by Gasteiger charge is -2.10. The fourth-order valence-electron chi connectivity index (χ4n) is 1.25. The minimum atomic E-state index is -0.643. The van der Waals surface area contributed by atoms with Gasteiger partial charge in [0.1, 0.15) is 5.75 Å². The topological polar surface area (TPSA) is 44.8 Å². The van der Waals surface area contributed by atoms with Crippen LogP contribution in [0.3, 0.4) is 0 Å². The number of rotatable bonds is 6. The standard InChI is InChI=1S/C14H16O4/c1-4-17-11(2)18-14(15)10-7-12-5-8-13(16-3)9-6-12/h4-11H,1H2,2-3H3. The smallest absolute Gasteiger partial charge is 0.333 e. The maximum atomic E-state index is 11.4. The molecule has 0 bridgehead atoms. The lowest BCUT2D eigenvalue weighted by molar-refractivity contribution is -0.159. The quantitative estimate of drug-likeness (QED) is 0.336. The normalized spacial score (nSPS) is 11.9. The van der Waals surface area contributed by atoms with Crippen molar-refractivity contribution in [2.24, 2.45) is 0 Å². The first-order valence-electron chi connectivity index (χ1n) is 5.45. The summed E-state index contributed by atoms with van der Waals surface area (Å²) in [6, 6.07) is 7.31. The van der Waals surface area contributed by atoms with Gasteiger partial charge >= 0.3 is 5.97 Å². The largest absolute Gasteiger partial charge is 0.497 e. The molecule has 1 rings (SSSR count). The highest BCUT2D eigenvalue weighted by Crippen LogP contribution is 2.12. The Morgan fingerprint density at radius 3 is 2.56 bits per heavy atom. The molecule has 0 radical (unpaired) electrons. The van der Waals surface area contributed by atoms with Gasteiger partial charge in [-0.05, 0) is 23.8 Å². The molecule has 4 heteroatoms. The molecule has 0 spiro atoms. The molecule has 0 N–H and O–H groups in total. The van der Waals surface area contributed by atoms with Crippen LogP contribution >= 0.6 is 0 Å². The number of carbonyl (C=O) groups is 1. The molecule has 1 aromatic rings. The molecule has 0 saturated heterocycles.